The standard InChI is InChI=1S/C32H34O6S/c1-3-6-26(21-32(33)34)24-11-13-28(14-12-24)38-22-23-9-10-25-7-4-8-27-20-29(15-16-30(27)31(25)19-23)37-17-5-18-39(2,35)36/h9-16,19-20,26H,4-5,7-8,17-18,21-22H2,1-2H3,(H,33,34)/t26-/m0/s1. The van der Waals surface area contributed by atoms with E-state index in [0.717, 1.165) is 36.1 Å². The lowest BCUT2D eigenvalue weighted by Crippen LogP contribution is -2.08. The minimum absolute atomic E-state index is 0.0333. The molecule has 0 saturated carbocycles. The SMILES string of the molecule is CC#C[C@@H](CC(=O)O)c1ccc(OCc2ccc3c(c2)-c2ccc(OCCCS(C)(=O)=O)cc2CCC3)cc1. The van der Waals surface area contributed by atoms with E-state index in [-0.39, 0.29) is 18.1 Å². The molecular formula is C32H34O6S. The Morgan fingerprint density at radius 2 is 1.69 bits per heavy atom. The average Bonchev–Trinajstić information content (AvgIpc) is 3.08. The van der Waals surface area contributed by atoms with Gasteiger partial charge in [-0.15, -0.1) is 5.92 Å². The first-order valence-corrected chi connectivity index (χ1v) is 15.2. The average molecular weight is 547 g/mol. The maximum atomic E-state index is 11.3. The second-order valence-electron chi connectivity index (χ2n) is 9.90. The molecule has 0 heterocycles. The second-order valence-corrected chi connectivity index (χ2v) is 12.2. The van der Waals surface area contributed by atoms with Gasteiger partial charge in [0.15, 0.2) is 0 Å². The highest BCUT2D eigenvalue weighted by atomic mass is 32.2. The molecule has 0 fully saturated rings. The van der Waals surface area contributed by atoms with Crippen LogP contribution in [-0.4, -0.2) is 38.1 Å². The number of rotatable bonds is 11. The van der Waals surface area contributed by atoms with Gasteiger partial charge in [-0.25, -0.2) is 8.42 Å². The van der Waals surface area contributed by atoms with Crippen molar-refractivity contribution in [2.45, 2.75) is 51.6 Å². The van der Waals surface area contributed by atoms with E-state index >= 15 is 0 Å². The summed E-state index contributed by atoms with van der Waals surface area (Å²) in [4.78, 5) is 11.2. The van der Waals surface area contributed by atoms with Crippen LogP contribution >= 0.6 is 0 Å². The molecule has 1 atom stereocenters. The molecule has 1 N–H and O–H groups in total. The molecule has 0 saturated heterocycles. The van der Waals surface area contributed by atoms with Crippen molar-refractivity contribution in [3.8, 4) is 34.5 Å². The van der Waals surface area contributed by atoms with Gasteiger partial charge in [0.25, 0.3) is 0 Å². The van der Waals surface area contributed by atoms with Gasteiger partial charge in [-0.1, -0.05) is 36.3 Å². The molecule has 3 aromatic rings. The van der Waals surface area contributed by atoms with E-state index in [2.05, 4.69) is 42.2 Å². The summed E-state index contributed by atoms with van der Waals surface area (Å²) in [5.41, 5.74) is 6.86. The number of sulfone groups is 1. The normalized spacial score (nSPS) is 13.2. The van der Waals surface area contributed by atoms with Crippen LogP contribution in [-0.2, 0) is 34.1 Å². The van der Waals surface area contributed by atoms with Crippen molar-refractivity contribution < 1.29 is 27.8 Å². The Morgan fingerprint density at radius 1 is 0.949 bits per heavy atom. The van der Waals surface area contributed by atoms with Crippen LogP contribution in [0.25, 0.3) is 11.1 Å². The molecule has 6 nitrogen and oxygen atoms in total. The summed E-state index contributed by atoms with van der Waals surface area (Å²) in [6, 6.07) is 20.1. The highest BCUT2D eigenvalue weighted by molar-refractivity contribution is 7.90. The Kier molecular flexibility index (Phi) is 9.32. The smallest absolute Gasteiger partial charge is 0.304 e. The fourth-order valence-electron chi connectivity index (χ4n) is 4.86. The molecule has 3 aromatic carbocycles. The zero-order chi connectivity index (χ0) is 27.8. The van der Waals surface area contributed by atoms with E-state index in [9.17, 15) is 13.2 Å². The van der Waals surface area contributed by atoms with Crippen LogP contribution in [0.15, 0.2) is 60.7 Å². The predicted octanol–water partition coefficient (Wildman–Crippen LogP) is 5.82. The molecule has 7 heteroatoms. The summed E-state index contributed by atoms with van der Waals surface area (Å²) < 4.78 is 34.6. The van der Waals surface area contributed by atoms with Crippen molar-refractivity contribution in [3.05, 3.63) is 82.9 Å². The maximum Gasteiger partial charge on any atom is 0.304 e. The third-order valence-electron chi connectivity index (χ3n) is 6.75. The Morgan fingerprint density at radius 3 is 2.41 bits per heavy atom. The zero-order valence-corrected chi connectivity index (χ0v) is 23.2. The predicted molar refractivity (Wildman–Crippen MR) is 153 cm³/mol. The number of fused-ring (bicyclic) bond motifs is 3. The number of hydrogen-bond acceptors (Lipinski definition) is 5. The highest BCUT2D eigenvalue weighted by Crippen LogP contribution is 2.35. The number of carboxylic acid groups (broad SMARTS) is 1. The van der Waals surface area contributed by atoms with Crippen molar-refractivity contribution in [2.75, 3.05) is 18.6 Å². The molecule has 0 radical (unpaired) electrons. The minimum Gasteiger partial charge on any atom is -0.494 e. The topological polar surface area (TPSA) is 89.9 Å². The number of benzene rings is 3. The molecule has 1 aliphatic carbocycles. The Balaban J connectivity index is 1.44. The number of aryl methyl sites for hydroxylation is 2. The number of ether oxygens (including phenoxy) is 2. The van der Waals surface area contributed by atoms with E-state index in [0.29, 0.717) is 25.4 Å². The summed E-state index contributed by atoms with van der Waals surface area (Å²) >= 11 is 0. The van der Waals surface area contributed by atoms with Crippen molar-refractivity contribution in [1.29, 1.82) is 0 Å². The summed E-state index contributed by atoms with van der Waals surface area (Å²) in [6.07, 6.45) is 4.68. The first-order chi connectivity index (χ1) is 18.7. The van der Waals surface area contributed by atoms with E-state index < -0.39 is 15.8 Å². The van der Waals surface area contributed by atoms with Gasteiger partial charge in [-0.2, -0.15) is 0 Å². The van der Waals surface area contributed by atoms with Crippen LogP contribution in [0, 0.1) is 11.8 Å². The van der Waals surface area contributed by atoms with E-state index in [1.54, 1.807) is 6.92 Å². The highest BCUT2D eigenvalue weighted by Gasteiger charge is 2.17. The van der Waals surface area contributed by atoms with Gasteiger partial charge in [0.2, 0.25) is 0 Å². The summed E-state index contributed by atoms with van der Waals surface area (Å²) in [6.45, 7) is 2.50. The lowest BCUT2D eigenvalue weighted by molar-refractivity contribution is -0.137. The minimum atomic E-state index is -2.98. The van der Waals surface area contributed by atoms with Crippen molar-refractivity contribution in [2.24, 2.45) is 0 Å². The fourth-order valence-corrected chi connectivity index (χ4v) is 5.50. The Labute approximate surface area is 230 Å². The van der Waals surface area contributed by atoms with Crippen molar-refractivity contribution in [3.63, 3.8) is 0 Å². The monoisotopic (exact) mass is 546 g/mol. The molecule has 0 bridgehead atoms. The molecule has 204 valence electrons. The van der Waals surface area contributed by atoms with Gasteiger partial charge in [0.05, 0.1) is 24.7 Å². The van der Waals surface area contributed by atoms with E-state index in [1.165, 1.54) is 28.5 Å². The summed E-state index contributed by atoms with van der Waals surface area (Å²) in [5.74, 6) is 6.17. The molecule has 0 spiro atoms. The summed E-state index contributed by atoms with van der Waals surface area (Å²) in [5, 5.41) is 9.16. The van der Waals surface area contributed by atoms with Crippen LogP contribution in [0.3, 0.4) is 0 Å². The molecule has 4 rings (SSSR count). The quantitative estimate of drug-likeness (QED) is 0.241. The van der Waals surface area contributed by atoms with Crippen molar-refractivity contribution in [1.82, 2.24) is 0 Å². The van der Waals surface area contributed by atoms with Gasteiger partial charge >= 0.3 is 5.97 Å². The van der Waals surface area contributed by atoms with Crippen LogP contribution in [0.1, 0.15) is 54.4 Å². The Hall–Kier alpha value is -3.76. The third-order valence-corrected chi connectivity index (χ3v) is 7.78. The lowest BCUT2D eigenvalue weighted by atomic mass is 9.95. The molecule has 0 aromatic heterocycles. The number of carboxylic acids is 1. The molecular weight excluding hydrogens is 512 g/mol. The Bertz CT molecular complexity index is 1480. The van der Waals surface area contributed by atoms with Gasteiger partial charge in [0.1, 0.15) is 27.9 Å². The second kappa shape index (κ2) is 12.9. The molecule has 0 unspecified atom stereocenters. The van der Waals surface area contributed by atoms with E-state index in [1.807, 2.05) is 30.3 Å². The first-order valence-electron chi connectivity index (χ1n) is 13.1. The van der Waals surface area contributed by atoms with Gasteiger partial charge in [-0.05, 0) is 96.3 Å². The molecule has 39 heavy (non-hydrogen) atoms. The molecule has 0 aliphatic heterocycles. The van der Waals surface area contributed by atoms with Crippen LogP contribution in [0.5, 0.6) is 11.5 Å². The number of carbonyl (C=O) groups is 1. The first kappa shape index (κ1) is 28.3. The zero-order valence-electron chi connectivity index (χ0n) is 22.4. The summed E-state index contributed by atoms with van der Waals surface area (Å²) in [7, 11) is -2.98. The fraction of sp³-hybridized carbons (Fsp3) is 0.344. The van der Waals surface area contributed by atoms with E-state index in [4.69, 9.17) is 14.6 Å². The third kappa shape index (κ3) is 8.11. The lowest BCUT2D eigenvalue weighted by Gasteiger charge is -2.14. The van der Waals surface area contributed by atoms with Crippen LogP contribution in [0.2, 0.25) is 0 Å². The maximum absolute atomic E-state index is 11.3. The number of hydrogen-bond donors (Lipinski definition) is 1. The number of aliphatic carboxylic acids is 1. The van der Waals surface area contributed by atoms with Gasteiger partial charge in [-0.3, -0.25) is 4.79 Å². The molecule has 1 aliphatic rings. The van der Waals surface area contributed by atoms with Crippen LogP contribution < -0.4 is 9.47 Å². The van der Waals surface area contributed by atoms with Crippen LogP contribution in [0.4, 0.5) is 0 Å². The van der Waals surface area contributed by atoms with Gasteiger partial charge in [0, 0.05) is 6.26 Å². The molecule has 0 amide bonds. The van der Waals surface area contributed by atoms with Gasteiger partial charge < -0.3 is 14.6 Å². The largest absolute Gasteiger partial charge is 0.494 e. The van der Waals surface area contributed by atoms with Crippen molar-refractivity contribution >= 4 is 15.8 Å².